The van der Waals surface area contributed by atoms with Gasteiger partial charge in [0.05, 0.1) is 11.0 Å². The molecule has 0 bridgehead atoms. The van der Waals surface area contributed by atoms with Crippen molar-refractivity contribution in [1.82, 2.24) is 0 Å². The number of nitrogens with two attached hydrogens (primary N) is 1. The number of hydrogen-bond donors (Lipinski definition) is 1. The van der Waals surface area contributed by atoms with Crippen LogP contribution in [-0.4, -0.2) is 4.92 Å². The molecule has 1 unspecified atom stereocenters. The largest absolute Gasteiger partial charge is 0.314 e. The van der Waals surface area contributed by atoms with Crippen LogP contribution < -0.4 is 5.73 Å². The van der Waals surface area contributed by atoms with Crippen LogP contribution in [0.15, 0.2) is 24.3 Å². The molecule has 0 aliphatic heterocycles. The summed E-state index contributed by atoms with van der Waals surface area (Å²) < 4.78 is 0. The molecule has 1 atom stereocenters. The minimum absolute atomic E-state index is 0.00296. The van der Waals surface area contributed by atoms with Crippen molar-refractivity contribution < 1.29 is 4.92 Å². The molecule has 0 spiro atoms. The number of hydrogen-bond acceptors (Lipinski definition) is 3. The van der Waals surface area contributed by atoms with E-state index in [2.05, 4.69) is 5.92 Å². The van der Waals surface area contributed by atoms with Gasteiger partial charge in [0.25, 0.3) is 5.69 Å². The summed E-state index contributed by atoms with van der Waals surface area (Å²) in [7, 11) is 0. The van der Waals surface area contributed by atoms with E-state index >= 15 is 0 Å². The Labute approximate surface area is 75.5 Å². The predicted octanol–water partition coefficient (Wildman–Crippen LogP) is 1.23. The number of terminal acetylenes is 1. The van der Waals surface area contributed by atoms with Crippen LogP contribution in [0.3, 0.4) is 0 Å². The summed E-state index contributed by atoms with van der Waals surface area (Å²) in [6.45, 7) is 0. The number of nitro benzene ring substituents is 1. The molecule has 13 heavy (non-hydrogen) atoms. The van der Waals surface area contributed by atoms with Crippen LogP contribution in [0.5, 0.6) is 0 Å². The number of rotatable bonds is 2. The first-order valence-electron chi connectivity index (χ1n) is 3.61. The normalized spacial score (nSPS) is 11.7. The highest BCUT2D eigenvalue weighted by atomic mass is 16.6. The zero-order chi connectivity index (χ0) is 9.84. The Kier molecular flexibility index (Phi) is 2.62. The molecule has 1 rings (SSSR count). The quantitative estimate of drug-likeness (QED) is 0.418. The lowest BCUT2D eigenvalue weighted by Gasteiger charge is -2.02. The predicted molar refractivity (Wildman–Crippen MR) is 48.9 cm³/mol. The number of benzene rings is 1. The first-order chi connectivity index (χ1) is 6.15. The fourth-order valence-corrected chi connectivity index (χ4v) is 0.928. The van der Waals surface area contributed by atoms with E-state index in [4.69, 9.17) is 12.2 Å². The van der Waals surface area contributed by atoms with Gasteiger partial charge in [-0.3, -0.25) is 10.1 Å². The van der Waals surface area contributed by atoms with Crippen molar-refractivity contribution in [2.24, 2.45) is 5.73 Å². The van der Waals surface area contributed by atoms with Crippen LogP contribution in [0.2, 0.25) is 0 Å². The second-order valence-corrected chi connectivity index (χ2v) is 2.50. The fraction of sp³-hybridized carbons (Fsp3) is 0.111. The lowest BCUT2D eigenvalue weighted by Crippen LogP contribution is -2.07. The van der Waals surface area contributed by atoms with Crippen LogP contribution in [0.25, 0.3) is 0 Å². The summed E-state index contributed by atoms with van der Waals surface area (Å²) in [5.41, 5.74) is 6.09. The highest BCUT2D eigenvalue weighted by Crippen LogP contribution is 2.16. The van der Waals surface area contributed by atoms with Crippen LogP contribution in [0, 0.1) is 22.5 Å². The van der Waals surface area contributed by atoms with Gasteiger partial charge in [-0.15, -0.1) is 6.42 Å². The van der Waals surface area contributed by atoms with Gasteiger partial charge in [-0.1, -0.05) is 18.1 Å². The Balaban J connectivity index is 3.07. The van der Waals surface area contributed by atoms with E-state index in [1.165, 1.54) is 12.1 Å². The molecule has 0 saturated carbocycles. The van der Waals surface area contributed by atoms with E-state index < -0.39 is 11.0 Å². The van der Waals surface area contributed by atoms with E-state index in [1.807, 2.05) is 0 Å². The van der Waals surface area contributed by atoms with Gasteiger partial charge >= 0.3 is 0 Å². The van der Waals surface area contributed by atoms with E-state index in [9.17, 15) is 10.1 Å². The van der Waals surface area contributed by atoms with Crippen molar-refractivity contribution in [1.29, 1.82) is 0 Å². The van der Waals surface area contributed by atoms with Crippen molar-refractivity contribution in [3.63, 3.8) is 0 Å². The molecule has 0 fully saturated rings. The molecule has 0 aromatic heterocycles. The monoisotopic (exact) mass is 176 g/mol. The smallest absolute Gasteiger partial charge is 0.269 e. The molecule has 0 radical (unpaired) electrons. The molecule has 4 nitrogen and oxygen atoms in total. The molecular formula is C9H8N2O2. The third-order valence-corrected chi connectivity index (χ3v) is 1.62. The minimum Gasteiger partial charge on any atom is -0.314 e. The summed E-state index contributed by atoms with van der Waals surface area (Å²) in [4.78, 5) is 9.90. The van der Waals surface area contributed by atoms with E-state index in [0.29, 0.717) is 5.56 Å². The molecule has 0 heterocycles. The Morgan fingerprint density at radius 3 is 2.85 bits per heavy atom. The molecular weight excluding hydrogens is 168 g/mol. The van der Waals surface area contributed by atoms with Crippen LogP contribution >= 0.6 is 0 Å². The Bertz CT molecular complexity index is 368. The summed E-state index contributed by atoms with van der Waals surface area (Å²) in [5, 5.41) is 10.4. The topological polar surface area (TPSA) is 69.2 Å². The second kappa shape index (κ2) is 3.70. The van der Waals surface area contributed by atoms with Gasteiger partial charge in [0.2, 0.25) is 0 Å². The zero-order valence-corrected chi connectivity index (χ0v) is 6.81. The van der Waals surface area contributed by atoms with Crippen molar-refractivity contribution in [2.45, 2.75) is 6.04 Å². The van der Waals surface area contributed by atoms with Crippen molar-refractivity contribution >= 4 is 5.69 Å². The van der Waals surface area contributed by atoms with E-state index in [-0.39, 0.29) is 5.69 Å². The molecule has 0 amide bonds. The van der Waals surface area contributed by atoms with E-state index in [1.54, 1.807) is 12.1 Å². The van der Waals surface area contributed by atoms with Crippen molar-refractivity contribution in [3.05, 3.63) is 39.9 Å². The fourth-order valence-electron chi connectivity index (χ4n) is 0.928. The lowest BCUT2D eigenvalue weighted by molar-refractivity contribution is -0.384. The summed E-state index contributed by atoms with van der Waals surface area (Å²) >= 11 is 0. The number of non-ortho nitro benzene ring substituents is 1. The van der Waals surface area contributed by atoms with Gasteiger partial charge < -0.3 is 5.73 Å². The molecule has 0 saturated heterocycles. The second-order valence-electron chi connectivity index (χ2n) is 2.50. The SMILES string of the molecule is C#CC(N)c1cccc([N+](=O)[O-])c1. The zero-order valence-electron chi connectivity index (χ0n) is 6.81. The summed E-state index contributed by atoms with van der Waals surface area (Å²) in [5.74, 6) is 2.30. The summed E-state index contributed by atoms with van der Waals surface area (Å²) in [6, 6.07) is 5.42. The van der Waals surface area contributed by atoms with Crippen molar-refractivity contribution in [3.8, 4) is 12.3 Å². The maximum atomic E-state index is 10.4. The molecule has 1 aromatic rings. The molecule has 0 aliphatic carbocycles. The first-order valence-corrected chi connectivity index (χ1v) is 3.61. The third-order valence-electron chi connectivity index (χ3n) is 1.62. The van der Waals surface area contributed by atoms with Gasteiger partial charge in [0.15, 0.2) is 0 Å². The van der Waals surface area contributed by atoms with Crippen molar-refractivity contribution in [2.75, 3.05) is 0 Å². The van der Waals surface area contributed by atoms with Gasteiger partial charge in [-0.25, -0.2) is 0 Å². The maximum Gasteiger partial charge on any atom is 0.269 e. The Hall–Kier alpha value is -1.86. The van der Waals surface area contributed by atoms with Crippen LogP contribution in [0.1, 0.15) is 11.6 Å². The molecule has 0 aliphatic rings. The minimum atomic E-state index is -0.583. The molecule has 4 heteroatoms. The standard InChI is InChI=1S/C9H8N2O2/c1-2-9(10)7-4-3-5-8(6-7)11(12)13/h1,3-6,9H,10H2. The third kappa shape index (κ3) is 2.04. The van der Waals surface area contributed by atoms with Gasteiger partial charge in [0, 0.05) is 12.1 Å². The maximum absolute atomic E-state index is 10.4. The van der Waals surface area contributed by atoms with Crippen LogP contribution in [0.4, 0.5) is 5.69 Å². The van der Waals surface area contributed by atoms with E-state index in [0.717, 1.165) is 0 Å². The lowest BCUT2D eigenvalue weighted by atomic mass is 10.1. The highest BCUT2D eigenvalue weighted by molar-refractivity contribution is 5.37. The molecule has 66 valence electrons. The molecule has 2 N–H and O–H groups in total. The van der Waals surface area contributed by atoms with Crippen LogP contribution in [-0.2, 0) is 0 Å². The summed E-state index contributed by atoms with van der Waals surface area (Å²) in [6.07, 6.45) is 5.09. The van der Waals surface area contributed by atoms with Gasteiger partial charge in [-0.05, 0) is 5.56 Å². The van der Waals surface area contributed by atoms with Gasteiger partial charge in [-0.2, -0.15) is 0 Å². The Morgan fingerprint density at radius 1 is 1.62 bits per heavy atom. The average molecular weight is 176 g/mol. The number of nitrogens with zero attached hydrogens (tertiary/aromatic N) is 1. The first kappa shape index (κ1) is 9.23. The molecule has 1 aromatic carbocycles. The number of nitro groups is 1. The highest BCUT2D eigenvalue weighted by Gasteiger charge is 2.08. The van der Waals surface area contributed by atoms with Gasteiger partial charge in [0.1, 0.15) is 0 Å². The Morgan fingerprint density at radius 2 is 2.31 bits per heavy atom. The average Bonchev–Trinajstić information content (AvgIpc) is 2.17.